The first-order valence-electron chi connectivity index (χ1n) is 10.1. The second-order valence-corrected chi connectivity index (χ2v) is 7.26. The van der Waals surface area contributed by atoms with Crippen molar-refractivity contribution in [1.29, 1.82) is 0 Å². The molecule has 3 amide bonds. The molecule has 0 saturated carbocycles. The Morgan fingerprint density at radius 1 is 0.909 bits per heavy atom. The molecule has 0 bridgehead atoms. The lowest BCUT2D eigenvalue weighted by atomic mass is 10.1. The highest BCUT2D eigenvalue weighted by Crippen LogP contribution is 2.20. The van der Waals surface area contributed by atoms with E-state index in [2.05, 4.69) is 16.0 Å². The maximum absolute atomic E-state index is 12.6. The summed E-state index contributed by atoms with van der Waals surface area (Å²) in [5.74, 6) is -1.75. The van der Waals surface area contributed by atoms with Crippen molar-refractivity contribution in [2.45, 2.75) is 26.9 Å². The topological polar surface area (TPSA) is 127 Å². The van der Waals surface area contributed by atoms with Gasteiger partial charge < -0.3 is 25.1 Å². The number of hydrogen-bond acceptors (Lipinski definition) is 6. The van der Waals surface area contributed by atoms with Gasteiger partial charge in [0.05, 0.1) is 11.8 Å². The number of carbonyl (C=O) groups excluding carboxylic acids is 4. The van der Waals surface area contributed by atoms with Gasteiger partial charge in [-0.25, -0.2) is 4.79 Å². The number of nitrogens with one attached hydrogen (secondary N) is 3. The zero-order valence-electron chi connectivity index (χ0n) is 18.3. The molecule has 9 nitrogen and oxygen atoms in total. The molecule has 0 saturated heterocycles. The largest absolute Gasteiger partial charge is 0.459 e. The van der Waals surface area contributed by atoms with E-state index in [0.717, 1.165) is 5.56 Å². The van der Waals surface area contributed by atoms with E-state index in [-0.39, 0.29) is 17.2 Å². The standard InChI is InChI=1S/C24H23N3O6/c1-14-6-7-17(13-20(14)27-23(30)21-5-4-12-32-21)24(31)33-15(2)22(29)26-19-10-8-18(9-11-19)25-16(3)28/h4-13,15H,1-3H3,(H,25,28)(H,26,29)(H,27,30). The molecule has 0 fully saturated rings. The Hall–Kier alpha value is -4.40. The fraction of sp³-hybridized carbons (Fsp3) is 0.167. The number of ether oxygens (including phenoxy) is 1. The fourth-order valence-corrected chi connectivity index (χ4v) is 2.84. The van der Waals surface area contributed by atoms with Crippen LogP contribution in [0.5, 0.6) is 0 Å². The summed E-state index contributed by atoms with van der Waals surface area (Å²) in [6.07, 6.45) is 0.314. The van der Waals surface area contributed by atoms with Gasteiger partial charge in [-0.1, -0.05) is 6.07 Å². The summed E-state index contributed by atoms with van der Waals surface area (Å²) in [5, 5.41) is 7.96. The highest BCUT2D eigenvalue weighted by Gasteiger charge is 2.20. The molecular weight excluding hydrogens is 426 g/mol. The average Bonchev–Trinajstić information content (AvgIpc) is 3.31. The lowest BCUT2D eigenvalue weighted by molar-refractivity contribution is -0.123. The summed E-state index contributed by atoms with van der Waals surface area (Å²) in [5.41, 5.74) is 2.40. The van der Waals surface area contributed by atoms with Crippen LogP contribution >= 0.6 is 0 Å². The van der Waals surface area contributed by atoms with Gasteiger partial charge in [-0.3, -0.25) is 14.4 Å². The third-order valence-corrected chi connectivity index (χ3v) is 4.59. The number of aryl methyl sites for hydroxylation is 1. The Balaban J connectivity index is 1.61. The number of anilines is 3. The van der Waals surface area contributed by atoms with E-state index in [1.807, 2.05) is 0 Å². The van der Waals surface area contributed by atoms with Crippen LogP contribution in [0.25, 0.3) is 0 Å². The Labute approximate surface area is 190 Å². The molecule has 0 spiro atoms. The van der Waals surface area contributed by atoms with Gasteiger partial charge in [0.1, 0.15) is 0 Å². The van der Waals surface area contributed by atoms with Crippen LogP contribution in [0.4, 0.5) is 17.1 Å². The summed E-state index contributed by atoms with van der Waals surface area (Å²) in [6, 6.07) is 14.3. The van der Waals surface area contributed by atoms with Gasteiger partial charge in [0, 0.05) is 24.0 Å². The Bertz CT molecular complexity index is 1170. The lowest BCUT2D eigenvalue weighted by Gasteiger charge is -2.15. The highest BCUT2D eigenvalue weighted by molar-refractivity contribution is 6.04. The monoisotopic (exact) mass is 449 g/mol. The van der Waals surface area contributed by atoms with Crippen molar-refractivity contribution in [2.24, 2.45) is 0 Å². The second kappa shape index (κ2) is 10.3. The molecule has 1 unspecified atom stereocenters. The molecule has 3 rings (SSSR count). The Kier molecular flexibility index (Phi) is 7.24. The van der Waals surface area contributed by atoms with Crippen molar-refractivity contribution in [3.63, 3.8) is 0 Å². The van der Waals surface area contributed by atoms with Crippen molar-refractivity contribution in [3.8, 4) is 0 Å². The molecule has 1 aromatic heterocycles. The third kappa shape index (κ3) is 6.30. The number of amides is 3. The summed E-state index contributed by atoms with van der Waals surface area (Å²) in [7, 11) is 0. The second-order valence-electron chi connectivity index (χ2n) is 7.26. The van der Waals surface area contributed by atoms with Crippen molar-refractivity contribution >= 4 is 40.8 Å². The smallest absolute Gasteiger partial charge is 0.338 e. The summed E-state index contributed by atoms with van der Waals surface area (Å²) in [6.45, 7) is 4.63. The number of furan rings is 1. The maximum atomic E-state index is 12.6. The van der Waals surface area contributed by atoms with Crippen LogP contribution in [-0.4, -0.2) is 29.8 Å². The summed E-state index contributed by atoms with van der Waals surface area (Å²) < 4.78 is 10.3. The van der Waals surface area contributed by atoms with Crippen LogP contribution in [0.15, 0.2) is 65.3 Å². The van der Waals surface area contributed by atoms with Gasteiger partial charge in [0.25, 0.3) is 11.8 Å². The van der Waals surface area contributed by atoms with E-state index < -0.39 is 23.9 Å². The summed E-state index contributed by atoms with van der Waals surface area (Å²) >= 11 is 0. The number of hydrogen-bond donors (Lipinski definition) is 3. The van der Waals surface area contributed by atoms with Crippen LogP contribution in [0.3, 0.4) is 0 Å². The molecule has 3 N–H and O–H groups in total. The molecule has 2 aromatic carbocycles. The average molecular weight is 449 g/mol. The van der Waals surface area contributed by atoms with Crippen LogP contribution in [-0.2, 0) is 14.3 Å². The number of benzene rings is 2. The van der Waals surface area contributed by atoms with Crippen LogP contribution in [0.2, 0.25) is 0 Å². The van der Waals surface area contributed by atoms with Gasteiger partial charge >= 0.3 is 5.97 Å². The fourth-order valence-electron chi connectivity index (χ4n) is 2.84. The van der Waals surface area contributed by atoms with Crippen molar-refractivity contribution in [2.75, 3.05) is 16.0 Å². The lowest BCUT2D eigenvalue weighted by Crippen LogP contribution is -2.30. The Morgan fingerprint density at radius 2 is 1.58 bits per heavy atom. The van der Waals surface area contributed by atoms with Crippen LogP contribution < -0.4 is 16.0 Å². The minimum absolute atomic E-state index is 0.137. The van der Waals surface area contributed by atoms with E-state index in [1.165, 1.54) is 32.2 Å². The van der Waals surface area contributed by atoms with E-state index >= 15 is 0 Å². The van der Waals surface area contributed by atoms with Crippen LogP contribution in [0, 0.1) is 6.92 Å². The minimum Gasteiger partial charge on any atom is -0.459 e. The molecule has 170 valence electrons. The first-order valence-corrected chi connectivity index (χ1v) is 10.1. The SMILES string of the molecule is CC(=O)Nc1ccc(NC(=O)C(C)OC(=O)c2ccc(C)c(NC(=O)c3ccco3)c2)cc1. The molecule has 0 aliphatic carbocycles. The maximum Gasteiger partial charge on any atom is 0.338 e. The quantitative estimate of drug-likeness (QED) is 0.468. The summed E-state index contributed by atoms with van der Waals surface area (Å²) in [4.78, 5) is 48.3. The van der Waals surface area contributed by atoms with E-state index in [4.69, 9.17) is 9.15 Å². The Morgan fingerprint density at radius 3 is 2.18 bits per heavy atom. The van der Waals surface area contributed by atoms with E-state index in [9.17, 15) is 19.2 Å². The van der Waals surface area contributed by atoms with Gasteiger partial charge in [0.2, 0.25) is 5.91 Å². The van der Waals surface area contributed by atoms with Gasteiger partial charge in [0.15, 0.2) is 11.9 Å². The van der Waals surface area contributed by atoms with Gasteiger partial charge in [-0.2, -0.15) is 0 Å². The first-order chi connectivity index (χ1) is 15.7. The molecule has 0 aliphatic rings. The van der Waals surface area contributed by atoms with Crippen molar-refractivity contribution < 1.29 is 28.3 Å². The third-order valence-electron chi connectivity index (χ3n) is 4.59. The van der Waals surface area contributed by atoms with Gasteiger partial charge in [-0.15, -0.1) is 0 Å². The molecular formula is C24H23N3O6. The van der Waals surface area contributed by atoms with Gasteiger partial charge in [-0.05, 0) is 67.9 Å². The van der Waals surface area contributed by atoms with Crippen molar-refractivity contribution in [3.05, 3.63) is 77.7 Å². The molecule has 9 heteroatoms. The predicted octanol–water partition coefficient (Wildman–Crippen LogP) is 3.98. The molecule has 1 atom stereocenters. The zero-order valence-corrected chi connectivity index (χ0v) is 18.3. The molecule has 3 aromatic rings. The predicted molar refractivity (Wildman–Crippen MR) is 122 cm³/mol. The zero-order chi connectivity index (χ0) is 24.0. The number of carbonyl (C=O) groups is 4. The van der Waals surface area contributed by atoms with Crippen molar-refractivity contribution in [1.82, 2.24) is 0 Å². The minimum atomic E-state index is -1.07. The number of esters is 1. The first kappa shape index (κ1) is 23.3. The molecule has 33 heavy (non-hydrogen) atoms. The van der Waals surface area contributed by atoms with Crippen LogP contribution in [0.1, 0.15) is 40.3 Å². The molecule has 0 aliphatic heterocycles. The molecule has 1 heterocycles. The normalized spacial score (nSPS) is 11.2. The molecule has 0 radical (unpaired) electrons. The highest BCUT2D eigenvalue weighted by atomic mass is 16.5. The number of rotatable bonds is 7. The van der Waals surface area contributed by atoms with E-state index in [0.29, 0.717) is 17.1 Å². The van der Waals surface area contributed by atoms with E-state index in [1.54, 1.807) is 49.4 Å².